The molecule has 0 aliphatic carbocycles. The first-order valence-electron chi connectivity index (χ1n) is 7.71. The van der Waals surface area contributed by atoms with Crippen LogP contribution in [0.1, 0.15) is 0 Å². The Morgan fingerprint density at radius 3 is 1.45 bits per heavy atom. The summed E-state index contributed by atoms with van der Waals surface area (Å²) in [5.41, 5.74) is 0. The number of rotatable bonds is 1. The van der Waals surface area contributed by atoms with Gasteiger partial charge in [0.2, 0.25) is 0 Å². The van der Waals surface area contributed by atoms with Gasteiger partial charge in [-0.15, -0.1) is 0 Å². The Labute approximate surface area is 127 Å². The van der Waals surface area contributed by atoms with E-state index in [0.717, 1.165) is 0 Å². The van der Waals surface area contributed by atoms with Crippen molar-refractivity contribution < 1.29 is 0 Å². The van der Waals surface area contributed by atoms with Crippen molar-refractivity contribution in [1.29, 1.82) is 0 Å². The molecule has 0 bridgehead atoms. The van der Waals surface area contributed by atoms with Crippen molar-refractivity contribution in [2.75, 3.05) is 21.1 Å². The van der Waals surface area contributed by atoms with Crippen molar-refractivity contribution in [2.24, 2.45) is 0 Å². The van der Waals surface area contributed by atoms with Gasteiger partial charge in [0.1, 0.15) is 0 Å². The summed E-state index contributed by atoms with van der Waals surface area (Å²) in [5.74, 6) is 0. The molecule has 20 heavy (non-hydrogen) atoms. The maximum absolute atomic E-state index is 3.59. The third-order valence-electron chi connectivity index (χ3n) is 5.23. The summed E-state index contributed by atoms with van der Waals surface area (Å²) in [5, 5.41) is 7.17. The number of hydrogen-bond acceptors (Lipinski definition) is 6. The van der Waals surface area contributed by atoms with Crippen LogP contribution in [-0.2, 0) is 0 Å². The second-order valence-corrected chi connectivity index (χ2v) is 6.46. The van der Waals surface area contributed by atoms with E-state index in [-0.39, 0.29) is 7.12 Å². The molecule has 2 heterocycles. The lowest BCUT2D eigenvalue weighted by atomic mass is 9.39. The van der Waals surface area contributed by atoms with Crippen LogP contribution >= 0.6 is 0 Å². The smallest absolute Gasteiger partial charge is 0.361 e. The van der Waals surface area contributed by atoms with Crippen molar-refractivity contribution in [2.45, 2.75) is 34.1 Å². The zero-order valence-corrected chi connectivity index (χ0v) is 14.3. The van der Waals surface area contributed by atoms with Crippen LogP contribution in [0.3, 0.4) is 0 Å². The van der Waals surface area contributed by atoms with E-state index in [1.54, 1.807) is 0 Å². The predicted molar refractivity (Wildman–Crippen MR) is 95.2 cm³/mol. The number of nitrogens with zero attached hydrogens (tertiary/aromatic N) is 4. The molecule has 106 valence electrons. The molecule has 12 heteroatoms. The van der Waals surface area contributed by atoms with Gasteiger partial charge in [0, 0.05) is 0 Å². The average molecular weight is 271 g/mol. The van der Waals surface area contributed by atoms with E-state index >= 15 is 0 Å². The normalized spacial score (nSPS) is 25.2. The van der Waals surface area contributed by atoms with Gasteiger partial charge in [0.05, 0.1) is 0 Å². The molecule has 0 amide bonds. The van der Waals surface area contributed by atoms with Crippen molar-refractivity contribution in [3.05, 3.63) is 0 Å². The molecule has 0 spiro atoms. The standard InChI is InChI=1S/C8H26B6N6/c1-9-15-10(2)20(11(3)16-9)14-18(7)12(4)17(6)13(5)19(14)8/h15-16H,1-8H3. The molecule has 2 aliphatic heterocycles. The van der Waals surface area contributed by atoms with Gasteiger partial charge in [0.25, 0.3) is 34.9 Å². The molecule has 2 aliphatic rings. The highest BCUT2D eigenvalue weighted by molar-refractivity contribution is 6.97. The summed E-state index contributed by atoms with van der Waals surface area (Å²) in [6.45, 7) is 13.1. The third kappa shape index (κ3) is 2.74. The van der Waals surface area contributed by atoms with Crippen LogP contribution in [0.4, 0.5) is 0 Å². The molecule has 0 unspecified atom stereocenters. The fraction of sp³-hybridized carbons (Fsp3) is 1.00. The van der Waals surface area contributed by atoms with E-state index in [4.69, 9.17) is 0 Å². The lowest BCUT2D eigenvalue weighted by Gasteiger charge is -2.55. The second kappa shape index (κ2) is 6.10. The van der Waals surface area contributed by atoms with Gasteiger partial charge < -0.3 is 29.1 Å². The molecule has 0 aromatic heterocycles. The highest BCUT2D eigenvalue weighted by atomic mass is 15.4. The van der Waals surface area contributed by atoms with Gasteiger partial charge in [-0.1, -0.05) is 34.1 Å². The Morgan fingerprint density at radius 1 is 0.650 bits per heavy atom. The van der Waals surface area contributed by atoms with Crippen LogP contribution in [0, 0.1) is 0 Å². The Morgan fingerprint density at radius 2 is 1.05 bits per heavy atom. The third-order valence-corrected chi connectivity index (χ3v) is 5.23. The fourth-order valence-corrected chi connectivity index (χ4v) is 3.66. The minimum atomic E-state index is 0.286. The van der Waals surface area contributed by atoms with Crippen LogP contribution in [0.5, 0.6) is 0 Å². The Hall–Kier alpha value is 0.150. The second-order valence-electron chi connectivity index (χ2n) is 6.46. The molecular formula is C8H26B6N6. The van der Waals surface area contributed by atoms with Gasteiger partial charge in [-0.25, -0.2) is 0 Å². The predicted octanol–water partition coefficient (Wildman–Crippen LogP) is -1.13. The highest BCUT2D eigenvalue weighted by Crippen LogP contribution is 2.19. The molecule has 6 nitrogen and oxygen atoms in total. The lowest BCUT2D eigenvalue weighted by Crippen LogP contribution is -2.85. The van der Waals surface area contributed by atoms with Gasteiger partial charge in [-0.3, -0.25) is 0 Å². The van der Waals surface area contributed by atoms with Gasteiger partial charge in [-0.2, -0.15) is 0 Å². The van der Waals surface area contributed by atoms with Crippen molar-refractivity contribution in [3.63, 3.8) is 0 Å². The summed E-state index contributed by atoms with van der Waals surface area (Å²) in [4.78, 5) is 0. The Balaban J connectivity index is 2.25. The maximum atomic E-state index is 3.59. The quantitative estimate of drug-likeness (QED) is 0.588. The van der Waals surface area contributed by atoms with Gasteiger partial charge >= 0.3 is 7.12 Å². The van der Waals surface area contributed by atoms with E-state index in [9.17, 15) is 0 Å². The van der Waals surface area contributed by atoms with E-state index in [0.29, 0.717) is 34.9 Å². The minimum absolute atomic E-state index is 0.286. The van der Waals surface area contributed by atoms with E-state index in [1.165, 1.54) is 0 Å². The SMILES string of the molecule is CB1NB(C)N(B2N(C)B(C)N(C)B(C)N2C)B(C)N1. The molecule has 2 N–H and O–H groups in total. The van der Waals surface area contributed by atoms with Crippen LogP contribution in [0.25, 0.3) is 0 Å². The largest absolute Gasteiger partial charge is 0.373 e. The molecule has 0 aromatic carbocycles. The van der Waals surface area contributed by atoms with Crippen LogP contribution in [0.15, 0.2) is 0 Å². The molecule has 0 atom stereocenters. The first-order chi connectivity index (χ1) is 9.25. The lowest BCUT2D eigenvalue weighted by molar-refractivity contribution is 0.507. The summed E-state index contributed by atoms with van der Waals surface area (Å²) in [6.07, 6.45) is 0. The summed E-state index contributed by atoms with van der Waals surface area (Å²) < 4.78 is 9.79. The van der Waals surface area contributed by atoms with Crippen molar-refractivity contribution >= 4 is 42.0 Å². The molecule has 0 radical (unpaired) electrons. The molecule has 0 aromatic rings. The Bertz CT molecular complexity index is 323. The molecule has 2 fully saturated rings. The zero-order chi connectivity index (χ0) is 15.2. The molecule has 2 rings (SSSR count). The summed E-state index contributed by atoms with van der Waals surface area (Å²) in [6, 6.07) is 0. The zero-order valence-electron chi connectivity index (χ0n) is 14.3. The van der Waals surface area contributed by atoms with E-state index in [2.05, 4.69) is 84.3 Å². The topological polar surface area (TPSA) is 37.0 Å². The minimum Gasteiger partial charge on any atom is -0.373 e. The molecule has 0 saturated carbocycles. The van der Waals surface area contributed by atoms with Crippen molar-refractivity contribution in [3.8, 4) is 0 Å². The molecular weight excluding hydrogens is 245 g/mol. The van der Waals surface area contributed by atoms with Crippen LogP contribution in [-0.4, -0.2) is 82.0 Å². The van der Waals surface area contributed by atoms with E-state index < -0.39 is 0 Å². The van der Waals surface area contributed by atoms with Gasteiger partial charge in [0.15, 0.2) is 0 Å². The number of nitrogens with one attached hydrogen (secondary N) is 2. The average Bonchev–Trinajstić information content (AvgIpc) is 2.37. The summed E-state index contributed by atoms with van der Waals surface area (Å²) in [7, 11) is 6.91. The Kier molecular flexibility index (Phi) is 5.04. The first-order valence-corrected chi connectivity index (χ1v) is 7.71. The van der Waals surface area contributed by atoms with Crippen LogP contribution < -0.4 is 10.3 Å². The first kappa shape index (κ1) is 16.5. The maximum Gasteiger partial charge on any atom is 0.361 e. The highest BCUT2D eigenvalue weighted by Gasteiger charge is 2.51. The van der Waals surface area contributed by atoms with Gasteiger partial charge in [-0.05, 0) is 21.1 Å². The molecule has 2 saturated heterocycles. The van der Waals surface area contributed by atoms with Crippen molar-refractivity contribution in [1.82, 2.24) is 29.1 Å². The van der Waals surface area contributed by atoms with Crippen LogP contribution in [0.2, 0.25) is 34.1 Å². The van der Waals surface area contributed by atoms with E-state index in [1.807, 2.05) is 0 Å². The number of hydrogen-bond donors (Lipinski definition) is 2. The fourth-order valence-electron chi connectivity index (χ4n) is 3.66. The summed E-state index contributed by atoms with van der Waals surface area (Å²) >= 11 is 0. The monoisotopic (exact) mass is 272 g/mol.